The largest absolute Gasteiger partial charge is 0.327 e. The minimum absolute atomic E-state index is 0.0542. The van der Waals surface area contributed by atoms with Gasteiger partial charge in [-0.3, -0.25) is 4.79 Å². The number of aromatic nitrogens is 3. The van der Waals surface area contributed by atoms with E-state index in [1.54, 1.807) is 4.68 Å². The molecule has 1 rings (SSSR count). The number of hydrogen-bond acceptors (Lipinski definition) is 4. The van der Waals surface area contributed by atoms with E-state index in [9.17, 15) is 4.79 Å². The number of rotatable bonds is 5. The first kappa shape index (κ1) is 14.8. The number of nitrogens with zero attached hydrogens (tertiary/aromatic N) is 3. The fourth-order valence-electron chi connectivity index (χ4n) is 1.63. The molecular formula is C13H24N4O. The van der Waals surface area contributed by atoms with Gasteiger partial charge in [0.2, 0.25) is 0 Å². The maximum absolute atomic E-state index is 12.0. The number of ketones is 1. The van der Waals surface area contributed by atoms with E-state index in [0.29, 0.717) is 12.8 Å². The van der Waals surface area contributed by atoms with Gasteiger partial charge in [0.25, 0.3) is 0 Å². The molecule has 5 heteroatoms. The molecule has 0 saturated heterocycles. The van der Waals surface area contributed by atoms with Crippen molar-refractivity contribution in [2.45, 2.75) is 59.5 Å². The molecular weight excluding hydrogens is 228 g/mol. The van der Waals surface area contributed by atoms with Crippen LogP contribution < -0.4 is 5.73 Å². The maximum atomic E-state index is 12.0. The lowest BCUT2D eigenvalue weighted by molar-refractivity contribution is -0.119. The van der Waals surface area contributed by atoms with Crippen LogP contribution in [0.5, 0.6) is 0 Å². The molecule has 1 aromatic rings. The van der Waals surface area contributed by atoms with Gasteiger partial charge in [-0.2, -0.15) is 5.10 Å². The molecule has 0 fully saturated rings. The van der Waals surface area contributed by atoms with Gasteiger partial charge in [0.15, 0.2) is 0 Å². The van der Waals surface area contributed by atoms with Crippen LogP contribution in [0.15, 0.2) is 6.33 Å². The SMILES string of the molecule is CC(C)n1ncnc1CC(=O)CC(N)C(C)(C)C. The lowest BCUT2D eigenvalue weighted by Gasteiger charge is -2.26. The quantitative estimate of drug-likeness (QED) is 0.866. The van der Waals surface area contributed by atoms with Crippen molar-refractivity contribution in [1.82, 2.24) is 14.8 Å². The van der Waals surface area contributed by atoms with Gasteiger partial charge in [0, 0.05) is 18.5 Å². The van der Waals surface area contributed by atoms with Gasteiger partial charge in [0.1, 0.15) is 17.9 Å². The number of carbonyl (C=O) groups excluding carboxylic acids is 1. The monoisotopic (exact) mass is 252 g/mol. The molecule has 0 spiro atoms. The van der Waals surface area contributed by atoms with Crippen molar-refractivity contribution in [3.8, 4) is 0 Å². The van der Waals surface area contributed by atoms with Crippen molar-refractivity contribution < 1.29 is 4.79 Å². The van der Waals surface area contributed by atoms with Crippen LogP contribution in [0, 0.1) is 5.41 Å². The van der Waals surface area contributed by atoms with Gasteiger partial charge >= 0.3 is 0 Å². The van der Waals surface area contributed by atoms with Crippen molar-refractivity contribution in [3.63, 3.8) is 0 Å². The third-order valence-corrected chi connectivity index (χ3v) is 3.05. The second-order valence-electron chi connectivity index (χ2n) is 6.11. The molecule has 2 N–H and O–H groups in total. The van der Waals surface area contributed by atoms with Crippen LogP contribution in [0.2, 0.25) is 0 Å². The Morgan fingerprint density at radius 2 is 2.06 bits per heavy atom. The zero-order chi connectivity index (χ0) is 13.9. The summed E-state index contributed by atoms with van der Waals surface area (Å²) in [6, 6.07) is 0.0898. The smallest absolute Gasteiger partial charge is 0.142 e. The van der Waals surface area contributed by atoms with E-state index in [4.69, 9.17) is 5.73 Å². The molecule has 1 aromatic heterocycles. The third kappa shape index (κ3) is 3.91. The van der Waals surface area contributed by atoms with Crippen LogP contribution in [-0.4, -0.2) is 26.6 Å². The molecule has 1 unspecified atom stereocenters. The molecule has 1 atom stereocenters. The highest BCUT2D eigenvalue weighted by atomic mass is 16.1. The highest BCUT2D eigenvalue weighted by Crippen LogP contribution is 2.20. The molecule has 0 aliphatic carbocycles. The van der Waals surface area contributed by atoms with E-state index in [1.165, 1.54) is 6.33 Å². The van der Waals surface area contributed by atoms with Crippen molar-refractivity contribution in [1.29, 1.82) is 0 Å². The molecule has 0 aliphatic heterocycles. The van der Waals surface area contributed by atoms with Crippen molar-refractivity contribution in [2.24, 2.45) is 11.1 Å². The van der Waals surface area contributed by atoms with Crippen molar-refractivity contribution >= 4 is 5.78 Å². The predicted molar refractivity (Wildman–Crippen MR) is 71.2 cm³/mol. The van der Waals surface area contributed by atoms with Gasteiger partial charge in [-0.05, 0) is 19.3 Å². The second-order valence-corrected chi connectivity index (χ2v) is 6.11. The van der Waals surface area contributed by atoms with Crippen molar-refractivity contribution in [2.75, 3.05) is 0 Å². The van der Waals surface area contributed by atoms with Crippen LogP contribution in [0.1, 0.15) is 52.9 Å². The van der Waals surface area contributed by atoms with Gasteiger partial charge in [-0.15, -0.1) is 0 Å². The summed E-state index contributed by atoms with van der Waals surface area (Å²) in [7, 11) is 0. The standard InChI is InChI=1S/C13H24N4O/c1-9(2)17-12(15-8-16-17)7-10(18)6-11(14)13(3,4)5/h8-9,11H,6-7,14H2,1-5H3. The summed E-state index contributed by atoms with van der Waals surface area (Å²) in [6.45, 7) is 10.2. The average molecular weight is 252 g/mol. The molecule has 5 nitrogen and oxygen atoms in total. The van der Waals surface area contributed by atoms with Gasteiger partial charge < -0.3 is 5.73 Å². The van der Waals surface area contributed by atoms with Crippen LogP contribution >= 0.6 is 0 Å². The molecule has 18 heavy (non-hydrogen) atoms. The first-order valence-electron chi connectivity index (χ1n) is 6.37. The topological polar surface area (TPSA) is 73.8 Å². The normalized spacial score (nSPS) is 13.9. The Balaban J connectivity index is 2.63. The Hall–Kier alpha value is -1.23. The Kier molecular flexibility index (Phi) is 4.62. The minimum Gasteiger partial charge on any atom is -0.327 e. The summed E-state index contributed by atoms with van der Waals surface area (Å²) in [6.07, 6.45) is 2.18. The summed E-state index contributed by atoms with van der Waals surface area (Å²) in [4.78, 5) is 16.1. The number of nitrogens with two attached hydrogens (primary N) is 1. The van der Waals surface area contributed by atoms with Crippen LogP contribution in [0.4, 0.5) is 0 Å². The fourth-order valence-corrected chi connectivity index (χ4v) is 1.63. The zero-order valence-corrected chi connectivity index (χ0v) is 12.0. The Morgan fingerprint density at radius 3 is 2.56 bits per heavy atom. The molecule has 0 aromatic carbocycles. The highest BCUT2D eigenvalue weighted by Gasteiger charge is 2.24. The summed E-state index contributed by atoms with van der Waals surface area (Å²) in [5, 5.41) is 4.12. The summed E-state index contributed by atoms with van der Waals surface area (Å²) < 4.78 is 1.78. The summed E-state index contributed by atoms with van der Waals surface area (Å²) >= 11 is 0. The molecule has 102 valence electrons. The first-order valence-corrected chi connectivity index (χ1v) is 6.37. The average Bonchev–Trinajstić information content (AvgIpc) is 2.63. The van der Waals surface area contributed by atoms with Gasteiger partial charge in [-0.25, -0.2) is 9.67 Å². The first-order chi connectivity index (χ1) is 8.21. The lowest BCUT2D eigenvalue weighted by atomic mass is 9.84. The number of carbonyl (C=O) groups is 1. The van der Waals surface area contributed by atoms with Crippen LogP contribution in [0.25, 0.3) is 0 Å². The van der Waals surface area contributed by atoms with E-state index in [1.807, 2.05) is 34.6 Å². The fraction of sp³-hybridized carbons (Fsp3) is 0.769. The molecule has 0 aliphatic rings. The van der Waals surface area contributed by atoms with Crippen molar-refractivity contribution in [3.05, 3.63) is 12.2 Å². The predicted octanol–water partition coefficient (Wildman–Crippen LogP) is 1.73. The zero-order valence-electron chi connectivity index (χ0n) is 12.0. The Labute approximate surface area is 109 Å². The van der Waals surface area contributed by atoms with E-state index in [0.717, 1.165) is 5.82 Å². The Bertz CT molecular complexity index is 403. The highest BCUT2D eigenvalue weighted by molar-refractivity contribution is 5.80. The lowest BCUT2D eigenvalue weighted by Crippen LogP contribution is -2.37. The third-order valence-electron chi connectivity index (χ3n) is 3.05. The molecule has 0 amide bonds. The minimum atomic E-state index is -0.125. The molecule has 0 radical (unpaired) electrons. The van der Waals surface area contributed by atoms with E-state index >= 15 is 0 Å². The van der Waals surface area contributed by atoms with E-state index in [-0.39, 0.29) is 23.3 Å². The maximum Gasteiger partial charge on any atom is 0.142 e. The molecule has 0 saturated carbocycles. The number of hydrogen-bond donors (Lipinski definition) is 1. The van der Waals surface area contributed by atoms with Gasteiger partial charge in [0.05, 0.1) is 6.42 Å². The van der Waals surface area contributed by atoms with Gasteiger partial charge in [-0.1, -0.05) is 20.8 Å². The summed E-state index contributed by atoms with van der Waals surface area (Å²) in [5.74, 6) is 0.837. The molecule has 1 heterocycles. The second kappa shape index (κ2) is 5.61. The van der Waals surface area contributed by atoms with Crippen LogP contribution in [-0.2, 0) is 11.2 Å². The Morgan fingerprint density at radius 1 is 1.44 bits per heavy atom. The van der Waals surface area contributed by atoms with E-state index < -0.39 is 0 Å². The van der Waals surface area contributed by atoms with Crippen LogP contribution in [0.3, 0.4) is 0 Å². The summed E-state index contributed by atoms with van der Waals surface area (Å²) in [5.41, 5.74) is 5.96. The number of Topliss-reactive ketones (excluding diaryl/α,β-unsaturated/α-hetero) is 1. The molecule has 0 bridgehead atoms. The van der Waals surface area contributed by atoms with E-state index in [2.05, 4.69) is 10.1 Å².